The monoisotopic (exact) mass is 218 g/mol. The molecule has 1 N–H and O–H groups in total. The highest BCUT2D eigenvalue weighted by Gasteiger charge is 2.15. The molecular formula is C9H11ClO2S. The molecule has 1 atom stereocenters. The summed E-state index contributed by atoms with van der Waals surface area (Å²) < 4.78 is 0.721. The molecule has 1 unspecified atom stereocenters. The van der Waals surface area contributed by atoms with Crippen molar-refractivity contribution in [2.24, 2.45) is 0 Å². The number of rotatable bonds is 4. The van der Waals surface area contributed by atoms with Gasteiger partial charge in [-0.05, 0) is 18.6 Å². The Morgan fingerprint density at radius 2 is 2.38 bits per heavy atom. The molecule has 0 saturated carbocycles. The highest BCUT2D eigenvalue weighted by molar-refractivity contribution is 7.16. The van der Waals surface area contributed by atoms with E-state index in [-0.39, 0.29) is 12.3 Å². The zero-order valence-electron chi connectivity index (χ0n) is 7.29. The number of aliphatic carboxylic acids is 1. The van der Waals surface area contributed by atoms with Crippen LogP contribution in [0, 0.1) is 0 Å². The van der Waals surface area contributed by atoms with E-state index < -0.39 is 5.97 Å². The van der Waals surface area contributed by atoms with Crippen molar-refractivity contribution < 1.29 is 9.90 Å². The van der Waals surface area contributed by atoms with E-state index in [0.717, 1.165) is 15.6 Å². The van der Waals surface area contributed by atoms with E-state index in [0.29, 0.717) is 0 Å². The smallest absolute Gasteiger partial charge is 0.303 e. The molecule has 0 bridgehead atoms. The predicted octanol–water partition coefficient (Wildman–Crippen LogP) is 3.37. The Bertz CT molecular complexity index is 296. The number of carboxylic acid groups (broad SMARTS) is 1. The second-order valence-corrected chi connectivity index (χ2v) is 4.59. The second kappa shape index (κ2) is 4.63. The van der Waals surface area contributed by atoms with Crippen LogP contribution in [0.2, 0.25) is 4.34 Å². The summed E-state index contributed by atoms with van der Waals surface area (Å²) in [7, 11) is 0. The van der Waals surface area contributed by atoms with Crippen LogP contribution in [0.15, 0.2) is 12.1 Å². The van der Waals surface area contributed by atoms with Crippen LogP contribution in [-0.2, 0) is 4.79 Å². The van der Waals surface area contributed by atoms with E-state index in [9.17, 15) is 4.79 Å². The topological polar surface area (TPSA) is 37.3 Å². The zero-order valence-corrected chi connectivity index (χ0v) is 8.86. The normalized spacial score (nSPS) is 12.8. The SMILES string of the molecule is CCC(CC(=O)O)c1ccc(Cl)s1. The minimum Gasteiger partial charge on any atom is -0.481 e. The van der Waals surface area contributed by atoms with Gasteiger partial charge < -0.3 is 5.11 Å². The van der Waals surface area contributed by atoms with Gasteiger partial charge in [-0.25, -0.2) is 0 Å². The van der Waals surface area contributed by atoms with Gasteiger partial charge in [0, 0.05) is 10.8 Å². The molecule has 0 amide bonds. The van der Waals surface area contributed by atoms with Crippen LogP contribution in [0.5, 0.6) is 0 Å². The van der Waals surface area contributed by atoms with Gasteiger partial charge in [-0.1, -0.05) is 18.5 Å². The van der Waals surface area contributed by atoms with Crippen molar-refractivity contribution in [2.75, 3.05) is 0 Å². The first-order valence-electron chi connectivity index (χ1n) is 4.10. The van der Waals surface area contributed by atoms with Gasteiger partial charge >= 0.3 is 5.97 Å². The van der Waals surface area contributed by atoms with Crippen molar-refractivity contribution in [3.05, 3.63) is 21.3 Å². The molecule has 4 heteroatoms. The molecule has 0 aliphatic rings. The first-order valence-corrected chi connectivity index (χ1v) is 5.30. The third kappa shape index (κ3) is 3.01. The largest absolute Gasteiger partial charge is 0.481 e. The number of thiophene rings is 1. The summed E-state index contributed by atoms with van der Waals surface area (Å²) in [5.41, 5.74) is 0. The van der Waals surface area contributed by atoms with Crippen LogP contribution >= 0.6 is 22.9 Å². The molecule has 1 aromatic heterocycles. The number of hydrogen-bond donors (Lipinski definition) is 1. The van der Waals surface area contributed by atoms with Gasteiger partial charge in [-0.2, -0.15) is 0 Å². The van der Waals surface area contributed by atoms with Crippen molar-refractivity contribution in [3.8, 4) is 0 Å². The molecule has 0 radical (unpaired) electrons. The molecule has 1 heterocycles. The van der Waals surface area contributed by atoms with Gasteiger partial charge in [0.05, 0.1) is 10.8 Å². The molecule has 0 spiro atoms. The Labute approximate surface area is 86.2 Å². The summed E-state index contributed by atoms with van der Waals surface area (Å²) in [5.74, 6) is -0.647. The van der Waals surface area contributed by atoms with Crippen molar-refractivity contribution in [2.45, 2.75) is 25.7 Å². The van der Waals surface area contributed by atoms with Gasteiger partial charge in [0.25, 0.3) is 0 Å². The molecule has 1 rings (SSSR count). The van der Waals surface area contributed by atoms with Gasteiger partial charge in [0.2, 0.25) is 0 Å². The predicted molar refractivity (Wildman–Crippen MR) is 54.6 cm³/mol. The highest BCUT2D eigenvalue weighted by atomic mass is 35.5. The molecule has 1 aromatic rings. The van der Waals surface area contributed by atoms with Gasteiger partial charge in [0.1, 0.15) is 0 Å². The lowest BCUT2D eigenvalue weighted by Crippen LogP contribution is -2.03. The maximum atomic E-state index is 10.5. The fourth-order valence-corrected chi connectivity index (χ4v) is 2.45. The van der Waals surface area contributed by atoms with Gasteiger partial charge in [-0.3, -0.25) is 4.79 Å². The van der Waals surface area contributed by atoms with Crippen LogP contribution in [0.1, 0.15) is 30.6 Å². The van der Waals surface area contributed by atoms with E-state index in [1.807, 2.05) is 19.1 Å². The zero-order chi connectivity index (χ0) is 9.84. The average molecular weight is 219 g/mol. The summed E-state index contributed by atoms with van der Waals surface area (Å²) in [6.07, 6.45) is 1.02. The molecule has 0 saturated heterocycles. The van der Waals surface area contributed by atoms with E-state index in [1.54, 1.807) is 0 Å². The Hall–Kier alpha value is -0.540. The Kier molecular flexibility index (Phi) is 3.75. The Morgan fingerprint density at radius 3 is 2.77 bits per heavy atom. The van der Waals surface area contributed by atoms with Crippen molar-refractivity contribution in [1.82, 2.24) is 0 Å². The molecule has 0 aliphatic heterocycles. The second-order valence-electron chi connectivity index (χ2n) is 2.84. The average Bonchev–Trinajstić information content (AvgIpc) is 2.47. The fraction of sp³-hybridized carbons (Fsp3) is 0.444. The van der Waals surface area contributed by atoms with Crippen LogP contribution in [0.4, 0.5) is 0 Å². The number of hydrogen-bond acceptors (Lipinski definition) is 2. The van der Waals surface area contributed by atoms with Crippen molar-refractivity contribution >= 4 is 28.9 Å². The molecule has 0 aliphatic carbocycles. The minimum absolute atomic E-state index is 0.106. The summed E-state index contributed by atoms with van der Waals surface area (Å²) in [6, 6.07) is 3.72. The summed E-state index contributed by atoms with van der Waals surface area (Å²) in [5, 5.41) is 8.65. The molecule has 13 heavy (non-hydrogen) atoms. The number of carbonyl (C=O) groups is 1. The molecule has 0 aromatic carbocycles. The summed E-state index contributed by atoms with van der Waals surface area (Å²) >= 11 is 7.23. The van der Waals surface area contributed by atoms with Crippen LogP contribution in [-0.4, -0.2) is 11.1 Å². The van der Waals surface area contributed by atoms with Crippen molar-refractivity contribution in [1.29, 1.82) is 0 Å². The fourth-order valence-electron chi connectivity index (χ4n) is 1.20. The van der Waals surface area contributed by atoms with Crippen molar-refractivity contribution in [3.63, 3.8) is 0 Å². The molecular weight excluding hydrogens is 208 g/mol. The Balaban J connectivity index is 2.72. The van der Waals surface area contributed by atoms with E-state index >= 15 is 0 Å². The van der Waals surface area contributed by atoms with Gasteiger partial charge in [0.15, 0.2) is 0 Å². The van der Waals surface area contributed by atoms with Crippen LogP contribution in [0.3, 0.4) is 0 Å². The van der Waals surface area contributed by atoms with Crippen LogP contribution in [0.25, 0.3) is 0 Å². The number of carboxylic acids is 1. The molecule has 72 valence electrons. The summed E-state index contributed by atoms with van der Waals surface area (Å²) in [6.45, 7) is 1.99. The molecule has 2 nitrogen and oxygen atoms in total. The third-order valence-electron chi connectivity index (χ3n) is 1.91. The maximum Gasteiger partial charge on any atom is 0.303 e. The lowest BCUT2D eigenvalue weighted by molar-refractivity contribution is -0.137. The first kappa shape index (κ1) is 10.5. The van der Waals surface area contributed by atoms with E-state index in [4.69, 9.17) is 16.7 Å². The van der Waals surface area contributed by atoms with E-state index in [2.05, 4.69) is 0 Å². The quantitative estimate of drug-likeness (QED) is 0.842. The van der Waals surface area contributed by atoms with Crippen LogP contribution < -0.4 is 0 Å². The van der Waals surface area contributed by atoms with Gasteiger partial charge in [-0.15, -0.1) is 11.3 Å². The lowest BCUT2D eigenvalue weighted by atomic mass is 10.0. The highest BCUT2D eigenvalue weighted by Crippen LogP contribution is 2.31. The maximum absolute atomic E-state index is 10.5. The minimum atomic E-state index is -0.753. The first-order chi connectivity index (χ1) is 6.13. The van der Waals surface area contributed by atoms with E-state index in [1.165, 1.54) is 11.3 Å². The lowest BCUT2D eigenvalue weighted by Gasteiger charge is -2.08. The summed E-state index contributed by atoms with van der Waals surface area (Å²) in [4.78, 5) is 11.6. The standard InChI is InChI=1S/C9H11ClO2S/c1-2-6(5-9(11)12)7-3-4-8(10)13-7/h3-4,6H,2,5H2,1H3,(H,11,12). The number of halogens is 1. The molecule has 0 fully saturated rings. The Morgan fingerprint density at radius 1 is 1.69 bits per heavy atom. The third-order valence-corrected chi connectivity index (χ3v) is 3.30.